The van der Waals surface area contributed by atoms with Crippen molar-refractivity contribution in [2.24, 2.45) is 5.92 Å². The van der Waals surface area contributed by atoms with Gasteiger partial charge in [0.25, 0.3) is 5.91 Å². The number of aliphatic hydroxyl groups is 1. The molecule has 1 aliphatic heterocycles. The molecule has 0 bridgehead atoms. The van der Waals surface area contributed by atoms with Crippen molar-refractivity contribution in [3.8, 4) is 0 Å². The van der Waals surface area contributed by atoms with Crippen molar-refractivity contribution in [3.05, 3.63) is 35.6 Å². The normalized spacial score (nSPS) is 22.3. The maximum Gasteiger partial charge on any atom is 0.253 e. The van der Waals surface area contributed by atoms with E-state index < -0.39 is 27.9 Å². The molecule has 1 aromatic rings. The maximum atomic E-state index is 12.9. The number of rotatable bonds is 4. The molecular weight excluding hydrogens is 311 g/mol. The number of carbonyl (C=O) groups is 1. The van der Waals surface area contributed by atoms with Gasteiger partial charge in [0, 0.05) is 38.7 Å². The van der Waals surface area contributed by atoms with Crippen LogP contribution in [-0.2, 0) is 10.0 Å². The number of benzene rings is 1. The molecule has 1 amide bonds. The quantitative estimate of drug-likeness (QED) is 0.852. The lowest BCUT2D eigenvalue weighted by atomic mass is 10.1. The predicted molar refractivity (Wildman–Crippen MR) is 79.3 cm³/mol. The first-order chi connectivity index (χ1) is 10.2. The molecule has 2 unspecified atom stereocenters. The highest BCUT2D eigenvalue weighted by molar-refractivity contribution is 7.89. The van der Waals surface area contributed by atoms with Gasteiger partial charge in [-0.1, -0.05) is 0 Å². The van der Waals surface area contributed by atoms with Gasteiger partial charge in [-0.15, -0.1) is 0 Å². The van der Waals surface area contributed by atoms with E-state index in [1.165, 1.54) is 43.3 Å². The number of likely N-dealkylation sites (tertiary alicyclic amines) is 1. The Morgan fingerprint density at radius 3 is 2.45 bits per heavy atom. The van der Waals surface area contributed by atoms with Crippen molar-refractivity contribution in [2.75, 3.05) is 32.9 Å². The van der Waals surface area contributed by atoms with E-state index in [4.69, 9.17) is 0 Å². The summed E-state index contributed by atoms with van der Waals surface area (Å²) in [5.74, 6) is -1.53. The van der Waals surface area contributed by atoms with Crippen LogP contribution in [0.5, 0.6) is 0 Å². The minimum atomic E-state index is -3.45. The summed E-state index contributed by atoms with van der Waals surface area (Å²) in [6.45, 7) is 0.230. The van der Waals surface area contributed by atoms with Gasteiger partial charge in [-0.3, -0.25) is 4.79 Å². The van der Waals surface area contributed by atoms with Crippen LogP contribution in [0.4, 0.5) is 4.39 Å². The molecule has 0 saturated carbocycles. The van der Waals surface area contributed by atoms with Gasteiger partial charge in [-0.05, 0) is 24.3 Å². The SMILES string of the molecule is CN(C)S(=O)(=O)CC1CN(C(=O)c2ccc(F)cc2)CC1O. The molecule has 0 aromatic heterocycles. The van der Waals surface area contributed by atoms with Gasteiger partial charge in [0.1, 0.15) is 5.82 Å². The van der Waals surface area contributed by atoms with Crippen LogP contribution in [0.15, 0.2) is 24.3 Å². The van der Waals surface area contributed by atoms with Crippen molar-refractivity contribution in [1.82, 2.24) is 9.21 Å². The number of amides is 1. The summed E-state index contributed by atoms with van der Waals surface area (Å²) in [4.78, 5) is 13.7. The molecular formula is C14H19FN2O4S. The molecule has 0 radical (unpaired) electrons. The largest absolute Gasteiger partial charge is 0.391 e. The minimum absolute atomic E-state index is 0.0732. The lowest BCUT2D eigenvalue weighted by Gasteiger charge is -2.18. The van der Waals surface area contributed by atoms with Crippen molar-refractivity contribution >= 4 is 15.9 Å². The summed E-state index contributed by atoms with van der Waals surface area (Å²) >= 11 is 0. The van der Waals surface area contributed by atoms with E-state index in [-0.39, 0.29) is 24.7 Å². The van der Waals surface area contributed by atoms with E-state index in [2.05, 4.69) is 0 Å². The van der Waals surface area contributed by atoms with Gasteiger partial charge in [0.15, 0.2) is 0 Å². The number of aliphatic hydroxyl groups excluding tert-OH is 1. The van der Waals surface area contributed by atoms with Crippen LogP contribution in [-0.4, -0.2) is 67.7 Å². The average Bonchev–Trinajstić information content (AvgIpc) is 2.79. The maximum absolute atomic E-state index is 12.9. The number of hydrogen-bond acceptors (Lipinski definition) is 4. The lowest BCUT2D eigenvalue weighted by molar-refractivity contribution is 0.0764. The van der Waals surface area contributed by atoms with Gasteiger partial charge in [0.05, 0.1) is 11.9 Å². The van der Waals surface area contributed by atoms with Crippen LogP contribution in [0.3, 0.4) is 0 Å². The highest BCUT2D eigenvalue weighted by Crippen LogP contribution is 2.21. The second kappa shape index (κ2) is 6.31. The third kappa shape index (κ3) is 3.63. The molecule has 6 nitrogen and oxygen atoms in total. The molecule has 1 aliphatic rings. The third-order valence-electron chi connectivity index (χ3n) is 3.77. The number of hydrogen-bond donors (Lipinski definition) is 1. The number of β-amino-alcohol motifs (C(OH)–C–C–N with tert-alkyl or cyclic N) is 1. The Morgan fingerprint density at radius 2 is 1.91 bits per heavy atom. The summed E-state index contributed by atoms with van der Waals surface area (Å²) in [6, 6.07) is 5.11. The van der Waals surface area contributed by atoms with E-state index in [0.29, 0.717) is 5.56 Å². The molecule has 1 heterocycles. The van der Waals surface area contributed by atoms with E-state index in [0.717, 1.165) is 4.31 Å². The van der Waals surface area contributed by atoms with Crippen LogP contribution < -0.4 is 0 Å². The van der Waals surface area contributed by atoms with E-state index >= 15 is 0 Å². The Kier molecular flexibility index (Phi) is 4.84. The van der Waals surface area contributed by atoms with Gasteiger partial charge < -0.3 is 10.0 Å². The molecule has 0 aliphatic carbocycles. The Hall–Kier alpha value is -1.51. The zero-order valence-electron chi connectivity index (χ0n) is 12.4. The standard InChI is InChI=1S/C14H19FN2O4S/c1-16(2)22(20,21)9-11-7-17(8-13(11)18)14(19)10-3-5-12(15)6-4-10/h3-6,11,13,18H,7-9H2,1-2H3. The first-order valence-electron chi connectivity index (χ1n) is 6.84. The van der Waals surface area contributed by atoms with Crippen molar-refractivity contribution in [2.45, 2.75) is 6.10 Å². The van der Waals surface area contributed by atoms with Crippen LogP contribution in [0.1, 0.15) is 10.4 Å². The number of nitrogens with zero attached hydrogens (tertiary/aromatic N) is 2. The fraction of sp³-hybridized carbons (Fsp3) is 0.500. The van der Waals surface area contributed by atoms with Crippen molar-refractivity contribution in [3.63, 3.8) is 0 Å². The summed E-state index contributed by atoms with van der Waals surface area (Å²) in [5.41, 5.74) is 0.310. The van der Waals surface area contributed by atoms with Gasteiger partial charge in [-0.2, -0.15) is 0 Å². The van der Waals surface area contributed by atoms with Gasteiger partial charge in [-0.25, -0.2) is 17.1 Å². The molecule has 1 aromatic carbocycles. The molecule has 1 fully saturated rings. The molecule has 22 heavy (non-hydrogen) atoms. The highest BCUT2D eigenvalue weighted by Gasteiger charge is 2.37. The minimum Gasteiger partial charge on any atom is -0.391 e. The smallest absolute Gasteiger partial charge is 0.253 e. The lowest BCUT2D eigenvalue weighted by Crippen LogP contribution is -2.33. The zero-order valence-corrected chi connectivity index (χ0v) is 13.3. The van der Waals surface area contributed by atoms with Gasteiger partial charge in [0.2, 0.25) is 10.0 Å². The molecule has 1 N–H and O–H groups in total. The van der Waals surface area contributed by atoms with E-state index in [1.54, 1.807) is 0 Å². The summed E-state index contributed by atoms with van der Waals surface area (Å²) in [7, 11) is -0.591. The summed E-state index contributed by atoms with van der Waals surface area (Å²) in [6.07, 6.45) is -0.890. The Labute approximate surface area is 129 Å². The summed E-state index contributed by atoms with van der Waals surface area (Å²) < 4.78 is 37.7. The molecule has 2 atom stereocenters. The highest BCUT2D eigenvalue weighted by atomic mass is 32.2. The van der Waals surface area contributed by atoms with Crippen molar-refractivity contribution < 1.29 is 22.7 Å². The molecule has 1 saturated heterocycles. The topological polar surface area (TPSA) is 77.9 Å². The van der Waals surface area contributed by atoms with E-state index in [1.807, 2.05) is 0 Å². The van der Waals surface area contributed by atoms with E-state index in [9.17, 15) is 22.7 Å². The van der Waals surface area contributed by atoms with Crippen LogP contribution in [0, 0.1) is 11.7 Å². The first kappa shape index (κ1) is 16.9. The molecule has 2 rings (SSSR count). The molecule has 122 valence electrons. The van der Waals surface area contributed by atoms with Crippen LogP contribution >= 0.6 is 0 Å². The van der Waals surface area contributed by atoms with Crippen molar-refractivity contribution in [1.29, 1.82) is 0 Å². The number of halogens is 1. The Bertz CT molecular complexity index is 645. The molecule has 8 heteroatoms. The fourth-order valence-corrected chi connectivity index (χ4v) is 3.55. The Morgan fingerprint density at radius 1 is 1.32 bits per heavy atom. The second-order valence-electron chi connectivity index (χ2n) is 5.61. The predicted octanol–water partition coefficient (Wildman–Crippen LogP) is 0.150. The number of sulfonamides is 1. The van der Waals surface area contributed by atoms with Crippen LogP contribution in [0.25, 0.3) is 0 Å². The Balaban J connectivity index is 2.07. The first-order valence-corrected chi connectivity index (χ1v) is 8.44. The third-order valence-corrected chi connectivity index (χ3v) is 5.73. The average molecular weight is 330 g/mol. The second-order valence-corrected chi connectivity index (χ2v) is 7.83. The number of carbonyl (C=O) groups excluding carboxylic acids is 1. The monoisotopic (exact) mass is 330 g/mol. The van der Waals surface area contributed by atoms with Gasteiger partial charge >= 0.3 is 0 Å². The summed E-state index contributed by atoms with van der Waals surface area (Å²) in [5, 5.41) is 10.0. The fourth-order valence-electron chi connectivity index (χ4n) is 2.38. The zero-order chi connectivity index (χ0) is 16.5. The molecule has 0 spiro atoms. The van der Waals surface area contributed by atoms with Crippen LogP contribution in [0.2, 0.25) is 0 Å².